The Morgan fingerprint density at radius 1 is 1.43 bits per heavy atom. The van der Waals surface area contributed by atoms with Gasteiger partial charge in [0.25, 0.3) is 5.91 Å². The fourth-order valence-corrected chi connectivity index (χ4v) is 4.11. The molecule has 0 bridgehead atoms. The van der Waals surface area contributed by atoms with Gasteiger partial charge in [0.15, 0.2) is 5.13 Å². The molecular weight excluding hydrogens is 286 g/mol. The van der Waals surface area contributed by atoms with Gasteiger partial charge in [-0.25, -0.2) is 4.98 Å². The number of hydrogen-bond donors (Lipinski definition) is 2. The van der Waals surface area contributed by atoms with E-state index >= 15 is 0 Å². The molecule has 6 nitrogen and oxygen atoms in total. The third kappa shape index (κ3) is 2.98. The van der Waals surface area contributed by atoms with E-state index in [-0.39, 0.29) is 5.91 Å². The molecule has 3 N–H and O–H groups in total. The van der Waals surface area contributed by atoms with E-state index < -0.39 is 0 Å². The van der Waals surface area contributed by atoms with Crippen molar-refractivity contribution < 1.29 is 4.79 Å². The normalized spacial score (nSPS) is 22.9. The van der Waals surface area contributed by atoms with E-state index in [0.29, 0.717) is 16.7 Å². The number of carbonyl (C=O) groups excluding carboxylic acids is 1. The second kappa shape index (κ2) is 6.19. The second-order valence-electron chi connectivity index (χ2n) is 5.70. The van der Waals surface area contributed by atoms with Gasteiger partial charge in [-0.05, 0) is 39.3 Å². The lowest BCUT2D eigenvalue weighted by molar-refractivity contribution is 0.0785. The number of rotatable bonds is 4. The smallest absolute Gasteiger partial charge is 0.267 e. The number of likely N-dealkylation sites (tertiary alicyclic amines) is 2. The van der Waals surface area contributed by atoms with Crippen molar-refractivity contribution >= 4 is 28.2 Å². The lowest BCUT2D eigenvalue weighted by Gasteiger charge is -2.23. The van der Waals surface area contributed by atoms with E-state index in [1.165, 1.54) is 37.3 Å². The van der Waals surface area contributed by atoms with Crippen molar-refractivity contribution in [1.82, 2.24) is 14.8 Å². The minimum Gasteiger partial charge on any atom is -0.382 e. The maximum atomic E-state index is 12.6. The van der Waals surface area contributed by atoms with E-state index in [1.54, 1.807) is 0 Å². The summed E-state index contributed by atoms with van der Waals surface area (Å²) in [5.41, 5.74) is 5.90. The molecule has 2 saturated heterocycles. The predicted octanol–water partition coefficient (Wildman–Crippen LogP) is 1.47. The Morgan fingerprint density at radius 3 is 2.90 bits per heavy atom. The van der Waals surface area contributed by atoms with Crippen molar-refractivity contribution in [2.75, 3.05) is 43.8 Å². The summed E-state index contributed by atoms with van der Waals surface area (Å²) in [5.74, 6) is 0.390. The molecule has 1 aromatic rings. The van der Waals surface area contributed by atoms with Crippen LogP contribution in [0.25, 0.3) is 0 Å². The highest BCUT2D eigenvalue weighted by Crippen LogP contribution is 2.28. The Morgan fingerprint density at radius 2 is 2.19 bits per heavy atom. The summed E-state index contributed by atoms with van der Waals surface area (Å²) in [7, 11) is 0. The molecule has 3 rings (SSSR count). The van der Waals surface area contributed by atoms with Gasteiger partial charge in [0, 0.05) is 25.7 Å². The fraction of sp³-hybridized carbons (Fsp3) is 0.714. The molecule has 1 unspecified atom stereocenters. The number of nitrogens with one attached hydrogen (secondary N) is 1. The number of carbonyl (C=O) groups is 1. The van der Waals surface area contributed by atoms with Crippen molar-refractivity contribution in [3.8, 4) is 0 Å². The predicted molar refractivity (Wildman–Crippen MR) is 85.8 cm³/mol. The van der Waals surface area contributed by atoms with Crippen LogP contribution in [0.2, 0.25) is 0 Å². The summed E-state index contributed by atoms with van der Waals surface area (Å²) >= 11 is 1.36. The molecule has 116 valence electrons. The highest BCUT2D eigenvalue weighted by Gasteiger charge is 2.33. The first-order valence-corrected chi connectivity index (χ1v) is 8.54. The Labute approximate surface area is 129 Å². The van der Waals surface area contributed by atoms with Crippen molar-refractivity contribution in [3.63, 3.8) is 0 Å². The molecular formula is C14H23N5OS. The zero-order valence-corrected chi connectivity index (χ0v) is 13.3. The summed E-state index contributed by atoms with van der Waals surface area (Å²) in [6, 6.07) is 0.527. The molecule has 2 aliphatic heterocycles. The van der Waals surface area contributed by atoms with Crippen LogP contribution in [-0.4, -0.2) is 59.5 Å². The standard InChI is InChI=1S/C14H23N5OS/c1-2-16-14-17-12(15)11(21-14)13(20)19-8-5-10(9-19)18-6-3-4-7-18/h10H,2-9,15H2,1H3,(H,16,17). The van der Waals surface area contributed by atoms with E-state index in [0.717, 1.165) is 31.2 Å². The first kappa shape index (κ1) is 14.6. The zero-order chi connectivity index (χ0) is 14.8. The summed E-state index contributed by atoms with van der Waals surface area (Å²) in [5, 5.41) is 3.85. The second-order valence-corrected chi connectivity index (χ2v) is 6.70. The molecule has 1 atom stereocenters. The van der Waals surface area contributed by atoms with Gasteiger partial charge in [-0.15, -0.1) is 0 Å². The molecule has 0 aliphatic carbocycles. The van der Waals surface area contributed by atoms with Crippen LogP contribution in [0.5, 0.6) is 0 Å². The Hall–Kier alpha value is -1.34. The van der Waals surface area contributed by atoms with E-state index in [9.17, 15) is 4.79 Å². The monoisotopic (exact) mass is 309 g/mol. The molecule has 0 spiro atoms. The van der Waals surface area contributed by atoms with Crippen LogP contribution in [0.1, 0.15) is 35.9 Å². The lowest BCUT2D eigenvalue weighted by Crippen LogP contribution is -2.37. The number of nitrogen functional groups attached to an aromatic ring is 1. The minimum absolute atomic E-state index is 0.0378. The lowest BCUT2D eigenvalue weighted by atomic mass is 10.2. The van der Waals surface area contributed by atoms with E-state index in [4.69, 9.17) is 5.73 Å². The molecule has 0 radical (unpaired) electrons. The third-order valence-corrected chi connectivity index (χ3v) is 5.30. The third-order valence-electron chi connectivity index (χ3n) is 4.28. The number of thiazole rings is 1. The van der Waals surface area contributed by atoms with Crippen molar-refractivity contribution in [2.24, 2.45) is 0 Å². The van der Waals surface area contributed by atoms with Crippen molar-refractivity contribution in [1.29, 1.82) is 0 Å². The van der Waals surface area contributed by atoms with E-state index in [2.05, 4.69) is 15.2 Å². The zero-order valence-electron chi connectivity index (χ0n) is 12.5. The topological polar surface area (TPSA) is 74.5 Å². The van der Waals surface area contributed by atoms with Crippen molar-refractivity contribution in [3.05, 3.63) is 4.88 Å². The van der Waals surface area contributed by atoms with Crippen LogP contribution in [0, 0.1) is 0 Å². The number of hydrogen-bond acceptors (Lipinski definition) is 6. The van der Waals surface area contributed by atoms with Gasteiger partial charge < -0.3 is 16.0 Å². The first-order valence-electron chi connectivity index (χ1n) is 7.72. The van der Waals surface area contributed by atoms with Gasteiger partial charge in [-0.1, -0.05) is 11.3 Å². The number of nitrogens with two attached hydrogens (primary N) is 1. The maximum absolute atomic E-state index is 12.6. The summed E-state index contributed by atoms with van der Waals surface area (Å²) in [4.78, 5) is 21.9. The average Bonchev–Trinajstić information content (AvgIpc) is 3.18. The van der Waals surface area contributed by atoms with E-state index in [1.807, 2.05) is 11.8 Å². The molecule has 1 amide bonds. The molecule has 0 aromatic carbocycles. The molecule has 2 fully saturated rings. The Bertz CT molecular complexity index is 511. The quantitative estimate of drug-likeness (QED) is 0.881. The highest BCUT2D eigenvalue weighted by atomic mass is 32.1. The minimum atomic E-state index is 0.0378. The summed E-state index contributed by atoms with van der Waals surface area (Å²) in [6.07, 6.45) is 3.65. The van der Waals surface area contributed by atoms with Gasteiger partial charge in [0.2, 0.25) is 0 Å². The van der Waals surface area contributed by atoms with Crippen LogP contribution in [0.15, 0.2) is 0 Å². The van der Waals surface area contributed by atoms with Gasteiger partial charge in [-0.3, -0.25) is 9.69 Å². The number of amides is 1. The SMILES string of the molecule is CCNc1nc(N)c(C(=O)N2CCC(N3CCCC3)C2)s1. The molecule has 1 aromatic heterocycles. The van der Waals surface area contributed by atoms with Crippen molar-refractivity contribution in [2.45, 2.75) is 32.2 Å². The summed E-state index contributed by atoms with van der Waals surface area (Å²) in [6.45, 7) is 6.79. The van der Waals surface area contributed by atoms with Crippen LogP contribution in [0.3, 0.4) is 0 Å². The van der Waals surface area contributed by atoms with Gasteiger partial charge in [0.1, 0.15) is 10.7 Å². The molecule has 2 aliphatic rings. The van der Waals surface area contributed by atoms with Crippen LogP contribution in [-0.2, 0) is 0 Å². The molecule has 3 heterocycles. The average molecular weight is 309 g/mol. The maximum Gasteiger partial charge on any atom is 0.267 e. The first-order chi connectivity index (χ1) is 10.2. The fourth-order valence-electron chi connectivity index (χ4n) is 3.19. The number of nitrogens with zero attached hydrogens (tertiary/aromatic N) is 3. The molecule has 21 heavy (non-hydrogen) atoms. The summed E-state index contributed by atoms with van der Waals surface area (Å²) < 4.78 is 0. The van der Waals surface area contributed by atoms with Gasteiger partial charge in [-0.2, -0.15) is 0 Å². The Kier molecular flexibility index (Phi) is 4.30. The van der Waals surface area contributed by atoms with Crippen LogP contribution in [0.4, 0.5) is 10.9 Å². The number of aromatic nitrogens is 1. The van der Waals surface area contributed by atoms with Crippen LogP contribution >= 0.6 is 11.3 Å². The largest absolute Gasteiger partial charge is 0.382 e. The van der Waals surface area contributed by atoms with Gasteiger partial charge >= 0.3 is 0 Å². The highest BCUT2D eigenvalue weighted by molar-refractivity contribution is 7.18. The molecule has 7 heteroatoms. The Balaban J connectivity index is 1.65. The van der Waals surface area contributed by atoms with Crippen LogP contribution < -0.4 is 11.1 Å². The number of anilines is 2. The van der Waals surface area contributed by atoms with Gasteiger partial charge in [0.05, 0.1) is 0 Å². The molecule has 0 saturated carbocycles.